The normalized spacial score (nSPS) is 21.9. The molecule has 1 aliphatic rings. The lowest BCUT2D eigenvalue weighted by Gasteiger charge is -2.31. The monoisotopic (exact) mass is 258 g/mol. The van der Waals surface area contributed by atoms with E-state index in [1.54, 1.807) is 0 Å². The molecule has 1 saturated heterocycles. The van der Waals surface area contributed by atoms with E-state index in [-0.39, 0.29) is 0 Å². The maximum absolute atomic E-state index is 5.71. The minimum absolute atomic E-state index is 0.411. The predicted octanol–water partition coefficient (Wildman–Crippen LogP) is 2.05. The van der Waals surface area contributed by atoms with Crippen LogP contribution in [0.25, 0.3) is 0 Å². The number of piperidine rings is 1. The molecule has 0 radical (unpaired) electrons. The van der Waals surface area contributed by atoms with E-state index in [1.165, 1.54) is 6.42 Å². The predicted molar refractivity (Wildman–Crippen MR) is 76.2 cm³/mol. The molecule has 0 aliphatic carbocycles. The molecule has 0 saturated carbocycles. The van der Waals surface area contributed by atoms with Crippen molar-refractivity contribution in [2.75, 3.05) is 32.8 Å². The highest BCUT2D eigenvalue weighted by Gasteiger charge is 2.21. The van der Waals surface area contributed by atoms with Crippen molar-refractivity contribution in [1.29, 1.82) is 0 Å². The summed E-state index contributed by atoms with van der Waals surface area (Å²) in [5, 5.41) is 0. The van der Waals surface area contributed by atoms with Crippen molar-refractivity contribution in [3.05, 3.63) is 0 Å². The van der Waals surface area contributed by atoms with Gasteiger partial charge in [0.15, 0.2) is 0 Å². The summed E-state index contributed by atoms with van der Waals surface area (Å²) < 4.78 is 5.64. The second-order valence-corrected chi connectivity index (χ2v) is 5.81. The number of ether oxygens (including phenoxy) is 1. The Bertz CT molecular complexity index is 233. The molecule has 2 N–H and O–H groups in total. The van der Waals surface area contributed by atoms with Gasteiger partial charge in [0.2, 0.25) is 0 Å². The van der Waals surface area contributed by atoms with Crippen LogP contribution in [0.2, 0.25) is 0 Å². The van der Waals surface area contributed by atoms with Gasteiger partial charge in [-0.15, -0.1) is 0 Å². The minimum Gasteiger partial charge on any atom is -0.393 e. The second kappa shape index (κ2) is 8.01. The minimum atomic E-state index is 0.411. The van der Waals surface area contributed by atoms with Crippen LogP contribution >= 0.6 is 12.2 Å². The molecule has 3 nitrogen and oxygen atoms in total. The Kier molecular flexibility index (Phi) is 7.00. The third-order valence-electron chi connectivity index (χ3n) is 3.30. The van der Waals surface area contributed by atoms with Crippen molar-refractivity contribution in [3.8, 4) is 0 Å². The van der Waals surface area contributed by atoms with Gasteiger partial charge in [0.25, 0.3) is 0 Å². The largest absolute Gasteiger partial charge is 0.393 e. The lowest BCUT2D eigenvalue weighted by Crippen LogP contribution is -2.41. The molecule has 0 amide bonds. The van der Waals surface area contributed by atoms with Crippen molar-refractivity contribution in [1.82, 2.24) is 4.90 Å². The summed E-state index contributed by atoms with van der Waals surface area (Å²) in [5.74, 6) is 1.14. The van der Waals surface area contributed by atoms with Gasteiger partial charge < -0.3 is 15.4 Å². The number of rotatable bonds is 7. The number of thiocarbonyl (C=S) groups is 1. The zero-order valence-corrected chi connectivity index (χ0v) is 12.0. The summed E-state index contributed by atoms with van der Waals surface area (Å²) in [4.78, 5) is 3.10. The van der Waals surface area contributed by atoms with E-state index in [0.717, 1.165) is 51.6 Å². The van der Waals surface area contributed by atoms with Crippen LogP contribution in [-0.4, -0.2) is 42.7 Å². The van der Waals surface area contributed by atoms with Gasteiger partial charge in [-0.2, -0.15) is 0 Å². The van der Waals surface area contributed by atoms with Crippen LogP contribution in [0.4, 0.5) is 0 Å². The number of hydrogen-bond donors (Lipinski definition) is 1. The summed E-state index contributed by atoms with van der Waals surface area (Å²) in [6.45, 7) is 9.34. The molecule has 100 valence electrons. The van der Waals surface area contributed by atoms with Crippen LogP contribution in [0.1, 0.15) is 33.1 Å². The molecule has 1 fully saturated rings. The molecule has 1 aliphatic heterocycles. The third kappa shape index (κ3) is 6.34. The third-order valence-corrected chi connectivity index (χ3v) is 3.63. The van der Waals surface area contributed by atoms with E-state index >= 15 is 0 Å². The number of likely N-dealkylation sites (tertiary alicyclic amines) is 1. The van der Waals surface area contributed by atoms with Gasteiger partial charge in [-0.3, -0.25) is 0 Å². The van der Waals surface area contributed by atoms with Crippen LogP contribution in [0.3, 0.4) is 0 Å². The fourth-order valence-electron chi connectivity index (χ4n) is 2.11. The smallest absolute Gasteiger partial charge is 0.0771 e. The molecule has 17 heavy (non-hydrogen) atoms. The van der Waals surface area contributed by atoms with Gasteiger partial charge in [-0.1, -0.05) is 26.1 Å². The van der Waals surface area contributed by atoms with Gasteiger partial charge in [0, 0.05) is 25.6 Å². The van der Waals surface area contributed by atoms with Crippen LogP contribution in [0.15, 0.2) is 0 Å². The maximum atomic E-state index is 5.71. The highest BCUT2D eigenvalue weighted by Crippen LogP contribution is 2.16. The number of nitrogens with zero attached hydrogens (tertiary/aromatic N) is 1. The quantitative estimate of drug-likeness (QED) is 0.560. The van der Waals surface area contributed by atoms with Crippen molar-refractivity contribution >= 4 is 17.2 Å². The van der Waals surface area contributed by atoms with E-state index in [9.17, 15) is 0 Å². The average molecular weight is 258 g/mol. The van der Waals surface area contributed by atoms with Crippen molar-refractivity contribution in [3.63, 3.8) is 0 Å². The summed E-state index contributed by atoms with van der Waals surface area (Å²) in [6.07, 6.45) is 3.50. The summed E-state index contributed by atoms with van der Waals surface area (Å²) in [5.41, 5.74) is 5.71. The second-order valence-electron chi connectivity index (χ2n) is 5.34. The topological polar surface area (TPSA) is 38.5 Å². The SMILES string of the molecule is CC(C)CCOCCN1CCCC(C(N)=S)C1. The van der Waals surface area contributed by atoms with Gasteiger partial charge in [-0.25, -0.2) is 0 Å². The fraction of sp³-hybridized carbons (Fsp3) is 0.923. The molecule has 4 heteroatoms. The average Bonchev–Trinajstić information content (AvgIpc) is 2.28. The highest BCUT2D eigenvalue weighted by atomic mass is 32.1. The van der Waals surface area contributed by atoms with Gasteiger partial charge in [0.05, 0.1) is 11.6 Å². The Labute approximate surface area is 111 Å². The molecule has 1 rings (SSSR count). The van der Waals surface area contributed by atoms with Crippen molar-refractivity contribution < 1.29 is 4.74 Å². The molecule has 0 aromatic rings. The first kappa shape index (κ1) is 14.9. The number of hydrogen-bond acceptors (Lipinski definition) is 3. The Morgan fingerprint density at radius 3 is 2.88 bits per heavy atom. The van der Waals surface area contributed by atoms with E-state index < -0.39 is 0 Å². The molecular formula is C13H26N2OS. The first-order valence-corrected chi connectivity index (χ1v) is 7.10. The highest BCUT2D eigenvalue weighted by molar-refractivity contribution is 7.80. The molecule has 0 spiro atoms. The summed E-state index contributed by atoms with van der Waals surface area (Å²) in [7, 11) is 0. The molecular weight excluding hydrogens is 232 g/mol. The Morgan fingerprint density at radius 2 is 2.24 bits per heavy atom. The Morgan fingerprint density at radius 1 is 1.47 bits per heavy atom. The number of nitrogens with two attached hydrogens (primary N) is 1. The standard InChI is InChI=1S/C13H26N2OS/c1-11(2)5-8-16-9-7-15-6-3-4-12(10-15)13(14)17/h11-12H,3-10H2,1-2H3,(H2,14,17). The van der Waals surface area contributed by atoms with Gasteiger partial charge in [0.1, 0.15) is 0 Å². The van der Waals surface area contributed by atoms with Crippen molar-refractivity contribution in [2.24, 2.45) is 17.6 Å². The Hall–Kier alpha value is -0.190. The van der Waals surface area contributed by atoms with Crippen LogP contribution < -0.4 is 5.73 Å². The van der Waals surface area contributed by atoms with Crippen LogP contribution in [0, 0.1) is 11.8 Å². The molecule has 0 aromatic heterocycles. The Balaban J connectivity index is 2.08. The first-order valence-electron chi connectivity index (χ1n) is 6.69. The van der Waals surface area contributed by atoms with Gasteiger partial charge in [-0.05, 0) is 31.7 Å². The van der Waals surface area contributed by atoms with Gasteiger partial charge >= 0.3 is 0 Å². The zero-order chi connectivity index (χ0) is 12.7. The molecule has 1 unspecified atom stereocenters. The molecule has 1 heterocycles. The van der Waals surface area contributed by atoms with E-state index in [4.69, 9.17) is 22.7 Å². The van der Waals surface area contributed by atoms with Crippen LogP contribution in [-0.2, 0) is 4.74 Å². The lowest BCUT2D eigenvalue weighted by atomic mass is 9.98. The van der Waals surface area contributed by atoms with Crippen LogP contribution in [0.5, 0.6) is 0 Å². The molecule has 1 atom stereocenters. The lowest BCUT2D eigenvalue weighted by molar-refractivity contribution is 0.0856. The van der Waals surface area contributed by atoms with Crippen molar-refractivity contribution in [2.45, 2.75) is 33.1 Å². The summed E-state index contributed by atoms with van der Waals surface area (Å²) >= 11 is 5.07. The van der Waals surface area contributed by atoms with E-state index in [2.05, 4.69) is 18.7 Å². The molecule has 0 aromatic carbocycles. The zero-order valence-electron chi connectivity index (χ0n) is 11.2. The first-order chi connectivity index (χ1) is 8.09. The van der Waals surface area contributed by atoms with E-state index in [0.29, 0.717) is 10.9 Å². The maximum Gasteiger partial charge on any atom is 0.0771 e. The van der Waals surface area contributed by atoms with E-state index in [1.807, 2.05) is 0 Å². The fourth-order valence-corrected chi connectivity index (χ4v) is 2.30. The summed E-state index contributed by atoms with van der Waals surface area (Å²) in [6, 6.07) is 0. The molecule has 0 bridgehead atoms.